The second-order valence-corrected chi connectivity index (χ2v) is 4.98. The third-order valence-electron chi connectivity index (χ3n) is 3.35. The van der Waals surface area contributed by atoms with Crippen molar-refractivity contribution < 1.29 is 14.5 Å². The third kappa shape index (κ3) is 4.27. The van der Waals surface area contributed by atoms with Crippen LogP contribution in [0.25, 0.3) is 0 Å². The molecule has 7 heteroatoms. The van der Waals surface area contributed by atoms with Crippen molar-refractivity contribution in [1.29, 1.82) is 0 Å². The van der Waals surface area contributed by atoms with Crippen LogP contribution >= 0.6 is 0 Å². The molecule has 0 saturated carbocycles. The van der Waals surface area contributed by atoms with Gasteiger partial charge in [-0.3, -0.25) is 19.7 Å². The third-order valence-corrected chi connectivity index (χ3v) is 3.35. The summed E-state index contributed by atoms with van der Waals surface area (Å²) in [5, 5.41) is 13.3. The van der Waals surface area contributed by atoms with Crippen LogP contribution in [-0.4, -0.2) is 34.7 Å². The van der Waals surface area contributed by atoms with E-state index in [1.54, 1.807) is 11.0 Å². The summed E-state index contributed by atoms with van der Waals surface area (Å²) in [6.45, 7) is 0.572. The molecule has 7 nitrogen and oxygen atoms in total. The normalized spacial score (nSPS) is 15.4. The second-order valence-electron chi connectivity index (χ2n) is 4.98. The molecule has 2 amide bonds. The molecule has 1 saturated heterocycles. The Labute approximate surface area is 122 Å². The Morgan fingerprint density at radius 2 is 2.14 bits per heavy atom. The number of likely N-dealkylation sites (tertiary alicyclic amines) is 1. The van der Waals surface area contributed by atoms with Crippen molar-refractivity contribution in [3.8, 4) is 0 Å². The first-order valence-electron chi connectivity index (χ1n) is 6.88. The zero-order valence-corrected chi connectivity index (χ0v) is 11.6. The Hall–Kier alpha value is -2.44. The summed E-state index contributed by atoms with van der Waals surface area (Å²) in [6.07, 6.45) is 3.23. The Kier molecular flexibility index (Phi) is 4.86. The van der Waals surface area contributed by atoms with Crippen LogP contribution in [0.1, 0.15) is 25.7 Å². The molecule has 1 N–H and O–H groups in total. The molecule has 1 heterocycles. The molecule has 2 rings (SSSR count). The average molecular weight is 291 g/mol. The number of benzene rings is 1. The van der Waals surface area contributed by atoms with Crippen LogP contribution in [0.15, 0.2) is 24.3 Å². The quantitative estimate of drug-likeness (QED) is 0.677. The van der Waals surface area contributed by atoms with Gasteiger partial charge in [0.15, 0.2) is 0 Å². The Morgan fingerprint density at radius 1 is 1.33 bits per heavy atom. The van der Waals surface area contributed by atoms with Crippen molar-refractivity contribution in [1.82, 2.24) is 4.90 Å². The van der Waals surface area contributed by atoms with E-state index in [1.807, 2.05) is 0 Å². The van der Waals surface area contributed by atoms with E-state index in [9.17, 15) is 19.7 Å². The number of hydrogen-bond donors (Lipinski definition) is 1. The minimum atomic E-state index is -0.520. The fourth-order valence-electron chi connectivity index (χ4n) is 2.28. The fraction of sp³-hybridized carbons (Fsp3) is 0.429. The van der Waals surface area contributed by atoms with Crippen molar-refractivity contribution in [3.05, 3.63) is 34.4 Å². The molecule has 0 aromatic heterocycles. The van der Waals surface area contributed by atoms with E-state index < -0.39 is 4.92 Å². The lowest BCUT2D eigenvalue weighted by atomic mass is 10.2. The Balaban J connectivity index is 1.96. The summed E-state index contributed by atoms with van der Waals surface area (Å²) >= 11 is 0. The van der Waals surface area contributed by atoms with E-state index in [0.717, 1.165) is 19.3 Å². The van der Waals surface area contributed by atoms with E-state index in [1.165, 1.54) is 18.2 Å². The number of non-ortho nitro benzene ring substituents is 1. The number of rotatable bonds is 4. The van der Waals surface area contributed by atoms with E-state index in [4.69, 9.17) is 0 Å². The monoisotopic (exact) mass is 291 g/mol. The topological polar surface area (TPSA) is 92.6 Å². The number of anilines is 1. The highest BCUT2D eigenvalue weighted by atomic mass is 16.6. The minimum Gasteiger partial charge on any atom is -0.333 e. The minimum absolute atomic E-state index is 0.0123. The van der Waals surface area contributed by atoms with Crippen LogP contribution in [0.3, 0.4) is 0 Å². The number of amides is 2. The summed E-state index contributed by atoms with van der Waals surface area (Å²) in [6, 6.07) is 5.73. The smallest absolute Gasteiger partial charge is 0.271 e. The lowest BCUT2D eigenvalue weighted by Crippen LogP contribution is -2.37. The molecule has 21 heavy (non-hydrogen) atoms. The van der Waals surface area contributed by atoms with Crippen LogP contribution < -0.4 is 5.32 Å². The van der Waals surface area contributed by atoms with Gasteiger partial charge in [-0.25, -0.2) is 0 Å². The zero-order chi connectivity index (χ0) is 15.2. The molecular formula is C14H17N3O4. The molecule has 112 valence electrons. The SMILES string of the molecule is O=C(CN1CCCCCC1=O)Nc1cccc([N+](=O)[O-])c1. The van der Waals surface area contributed by atoms with Crippen LogP contribution in [0.5, 0.6) is 0 Å². The molecule has 0 aliphatic carbocycles. The maximum absolute atomic E-state index is 11.9. The van der Waals surface area contributed by atoms with Gasteiger partial charge in [0.2, 0.25) is 11.8 Å². The standard InChI is InChI=1S/C14H17N3O4/c18-13(10-16-8-3-1-2-7-14(16)19)15-11-5-4-6-12(9-11)17(20)21/h4-6,9H,1-3,7-8,10H2,(H,15,18). The highest BCUT2D eigenvalue weighted by molar-refractivity contribution is 5.94. The van der Waals surface area contributed by atoms with Crippen molar-refractivity contribution in [2.45, 2.75) is 25.7 Å². The molecule has 0 bridgehead atoms. The van der Waals surface area contributed by atoms with Gasteiger partial charge >= 0.3 is 0 Å². The van der Waals surface area contributed by atoms with E-state index in [-0.39, 0.29) is 24.0 Å². The van der Waals surface area contributed by atoms with Crippen LogP contribution in [0, 0.1) is 10.1 Å². The molecule has 1 aromatic carbocycles. The first kappa shape index (κ1) is 15.0. The van der Waals surface area contributed by atoms with Gasteiger partial charge < -0.3 is 10.2 Å². The summed E-state index contributed by atoms with van der Waals surface area (Å²) in [4.78, 5) is 35.4. The maximum atomic E-state index is 11.9. The van der Waals surface area contributed by atoms with Gasteiger partial charge in [0, 0.05) is 30.8 Å². The summed E-state index contributed by atoms with van der Waals surface area (Å²) in [5.41, 5.74) is 0.273. The Morgan fingerprint density at radius 3 is 2.90 bits per heavy atom. The molecule has 0 atom stereocenters. The molecular weight excluding hydrogens is 274 g/mol. The molecule has 1 fully saturated rings. The zero-order valence-electron chi connectivity index (χ0n) is 11.6. The molecule has 0 unspecified atom stereocenters. The number of nitro groups is 1. The predicted octanol–water partition coefficient (Wildman–Crippen LogP) is 1.94. The van der Waals surface area contributed by atoms with Gasteiger partial charge in [0.1, 0.15) is 0 Å². The fourth-order valence-corrected chi connectivity index (χ4v) is 2.28. The molecule has 1 aliphatic rings. The molecule has 1 aliphatic heterocycles. The Bertz CT molecular complexity index is 559. The lowest BCUT2D eigenvalue weighted by Gasteiger charge is -2.19. The average Bonchev–Trinajstić information content (AvgIpc) is 2.64. The number of nitrogens with zero attached hydrogens (tertiary/aromatic N) is 2. The number of carbonyl (C=O) groups is 2. The molecule has 0 spiro atoms. The second kappa shape index (κ2) is 6.83. The highest BCUT2D eigenvalue weighted by Crippen LogP contribution is 2.17. The van der Waals surface area contributed by atoms with E-state index in [2.05, 4.69) is 5.32 Å². The van der Waals surface area contributed by atoms with Crippen molar-refractivity contribution in [3.63, 3.8) is 0 Å². The highest BCUT2D eigenvalue weighted by Gasteiger charge is 2.19. The van der Waals surface area contributed by atoms with Gasteiger partial charge in [0.05, 0.1) is 11.5 Å². The lowest BCUT2D eigenvalue weighted by molar-refractivity contribution is -0.384. The van der Waals surface area contributed by atoms with Crippen molar-refractivity contribution in [2.24, 2.45) is 0 Å². The van der Waals surface area contributed by atoms with Crippen LogP contribution in [-0.2, 0) is 9.59 Å². The largest absolute Gasteiger partial charge is 0.333 e. The van der Waals surface area contributed by atoms with Gasteiger partial charge in [-0.1, -0.05) is 12.5 Å². The van der Waals surface area contributed by atoms with E-state index in [0.29, 0.717) is 18.7 Å². The van der Waals surface area contributed by atoms with Gasteiger partial charge in [0.25, 0.3) is 5.69 Å². The first-order chi connectivity index (χ1) is 10.1. The van der Waals surface area contributed by atoms with E-state index >= 15 is 0 Å². The number of nitrogens with one attached hydrogen (secondary N) is 1. The predicted molar refractivity (Wildman–Crippen MR) is 76.8 cm³/mol. The first-order valence-corrected chi connectivity index (χ1v) is 6.88. The van der Waals surface area contributed by atoms with Crippen LogP contribution in [0.4, 0.5) is 11.4 Å². The summed E-state index contributed by atoms with van der Waals surface area (Å²) < 4.78 is 0. The molecule has 1 aromatic rings. The van der Waals surface area contributed by atoms with Gasteiger partial charge in [-0.05, 0) is 18.9 Å². The van der Waals surface area contributed by atoms with Crippen molar-refractivity contribution in [2.75, 3.05) is 18.4 Å². The number of carbonyl (C=O) groups excluding carboxylic acids is 2. The van der Waals surface area contributed by atoms with Crippen molar-refractivity contribution >= 4 is 23.2 Å². The maximum Gasteiger partial charge on any atom is 0.271 e. The van der Waals surface area contributed by atoms with Gasteiger partial charge in [-0.2, -0.15) is 0 Å². The number of hydrogen-bond acceptors (Lipinski definition) is 4. The van der Waals surface area contributed by atoms with Crippen LogP contribution in [0.2, 0.25) is 0 Å². The number of nitro benzene ring substituents is 1. The summed E-state index contributed by atoms with van der Waals surface area (Å²) in [7, 11) is 0. The van der Waals surface area contributed by atoms with Gasteiger partial charge in [-0.15, -0.1) is 0 Å². The summed E-state index contributed by atoms with van der Waals surface area (Å²) in [5.74, 6) is -0.354. The molecule has 0 radical (unpaired) electrons.